The van der Waals surface area contributed by atoms with Gasteiger partial charge in [-0.05, 0) is 24.7 Å². The molecular formula is C19H27F3N4O. The first kappa shape index (κ1) is 19.9. The SMILES string of the molecule is CCN1CCN(CC(=O)N2CCN(c3cccc(C(F)(F)F)c3)CC2)CC1. The van der Waals surface area contributed by atoms with E-state index in [0.717, 1.165) is 38.8 Å². The van der Waals surface area contributed by atoms with Crippen LogP contribution in [0, 0.1) is 0 Å². The molecule has 2 aliphatic heterocycles. The van der Waals surface area contributed by atoms with Crippen LogP contribution in [0.15, 0.2) is 24.3 Å². The molecule has 1 aromatic rings. The Kier molecular flexibility index (Phi) is 6.26. The van der Waals surface area contributed by atoms with Gasteiger partial charge in [0.05, 0.1) is 12.1 Å². The summed E-state index contributed by atoms with van der Waals surface area (Å²) in [5.41, 5.74) is -0.0719. The molecule has 0 aliphatic carbocycles. The zero-order valence-electron chi connectivity index (χ0n) is 15.7. The summed E-state index contributed by atoms with van der Waals surface area (Å²) in [6.07, 6.45) is -4.34. The van der Waals surface area contributed by atoms with Gasteiger partial charge in [0.1, 0.15) is 0 Å². The van der Waals surface area contributed by atoms with Crippen LogP contribution < -0.4 is 4.90 Å². The molecule has 2 saturated heterocycles. The summed E-state index contributed by atoms with van der Waals surface area (Å²) >= 11 is 0. The average molecular weight is 384 g/mol. The summed E-state index contributed by atoms with van der Waals surface area (Å²) in [4.78, 5) is 20.9. The van der Waals surface area contributed by atoms with Gasteiger partial charge in [0, 0.05) is 58.0 Å². The van der Waals surface area contributed by atoms with E-state index in [9.17, 15) is 18.0 Å². The highest BCUT2D eigenvalue weighted by Gasteiger charge is 2.31. The zero-order valence-corrected chi connectivity index (χ0v) is 15.7. The molecule has 3 rings (SSSR count). The third-order valence-electron chi connectivity index (χ3n) is 5.44. The standard InChI is InChI=1S/C19H27F3N4O/c1-2-23-6-8-24(9-7-23)15-18(27)26-12-10-25(11-13-26)17-5-3-4-16(14-17)19(20,21)22/h3-5,14H,2,6-13,15H2,1H3. The van der Waals surface area contributed by atoms with E-state index in [1.165, 1.54) is 12.1 Å². The van der Waals surface area contributed by atoms with Crippen LogP contribution in [0.25, 0.3) is 0 Å². The largest absolute Gasteiger partial charge is 0.416 e. The molecule has 5 nitrogen and oxygen atoms in total. The van der Waals surface area contributed by atoms with Crippen LogP contribution in [-0.4, -0.2) is 86.1 Å². The first-order valence-corrected chi connectivity index (χ1v) is 9.51. The molecule has 150 valence electrons. The maximum Gasteiger partial charge on any atom is 0.416 e. The van der Waals surface area contributed by atoms with Gasteiger partial charge < -0.3 is 14.7 Å². The Hall–Kier alpha value is -1.80. The number of carbonyl (C=O) groups is 1. The minimum Gasteiger partial charge on any atom is -0.368 e. The number of anilines is 1. The number of benzene rings is 1. The minimum absolute atomic E-state index is 0.114. The molecule has 0 bridgehead atoms. The van der Waals surface area contributed by atoms with E-state index in [0.29, 0.717) is 38.4 Å². The Labute approximate surface area is 158 Å². The first-order chi connectivity index (χ1) is 12.9. The predicted molar refractivity (Wildman–Crippen MR) is 98.8 cm³/mol. The van der Waals surface area contributed by atoms with Gasteiger partial charge in [-0.15, -0.1) is 0 Å². The van der Waals surface area contributed by atoms with Crippen molar-refractivity contribution in [3.63, 3.8) is 0 Å². The number of carbonyl (C=O) groups excluding carboxylic acids is 1. The van der Waals surface area contributed by atoms with Crippen LogP contribution in [-0.2, 0) is 11.0 Å². The highest BCUT2D eigenvalue weighted by atomic mass is 19.4. The second-order valence-corrected chi connectivity index (χ2v) is 7.13. The Balaban J connectivity index is 1.49. The molecule has 0 unspecified atom stereocenters. The van der Waals surface area contributed by atoms with Gasteiger partial charge in [0.2, 0.25) is 5.91 Å². The summed E-state index contributed by atoms with van der Waals surface area (Å²) < 4.78 is 38.7. The fourth-order valence-electron chi connectivity index (χ4n) is 3.65. The van der Waals surface area contributed by atoms with Gasteiger partial charge in [-0.1, -0.05) is 13.0 Å². The molecule has 2 aliphatic rings. The molecular weight excluding hydrogens is 357 g/mol. The van der Waals surface area contributed by atoms with E-state index >= 15 is 0 Å². The summed E-state index contributed by atoms with van der Waals surface area (Å²) in [5, 5.41) is 0. The van der Waals surface area contributed by atoms with Crippen molar-refractivity contribution >= 4 is 11.6 Å². The number of rotatable bonds is 4. The Bertz CT molecular complexity index is 636. The molecule has 0 saturated carbocycles. The van der Waals surface area contributed by atoms with Crippen molar-refractivity contribution in [2.45, 2.75) is 13.1 Å². The molecule has 2 heterocycles. The van der Waals surface area contributed by atoms with Crippen LogP contribution in [0.3, 0.4) is 0 Å². The molecule has 1 amide bonds. The molecule has 27 heavy (non-hydrogen) atoms. The molecule has 2 fully saturated rings. The van der Waals surface area contributed by atoms with E-state index < -0.39 is 11.7 Å². The van der Waals surface area contributed by atoms with E-state index in [2.05, 4.69) is 16.7 Å². The maximum absolute atomic E-state index is 12.9. The van der Waals surface area contributed by atoms with Crippen molar-refractivity contribution < 1.29 is 18.0 Å². The van der Waals surface area contributed by atoms with Gasteiger partial charge in [-0.2, -0.15) is 13.2 Å². The van der Waals surface area contributed by atoms with E-state index in [4.69, 9.17) is 0 Å². The molecule has 0 aromatic heterocycles. The number of hydrogen-bond acceptors (Lipinski definition) is 4. The van der Waals surface area contributed by atoms with Gasteiger partial charge in [0.15, 0.2) is 0 Å². The second kappa shape index (κ2) is 8.48. The van der Waals surface area contributed by atoms with Crippen LogP contribution >= 0.6 is 0 Å². The lowest BCUT2D eigenvalue weighted by molar-refractivity contribution is -0.137. The lowest BCUT2D eigenvalue weighted by Crippen LogP contribution is -2.53. The number of alkyl halides is 3. The number of amides is 1. The molecule has 8 heteroatoms. The summed E-state index contributed by atoms with van der Waals surface area (Å²) in [7, 11) is 0. The van der Waals surface area contributed by atoms with Crippen molar-refractivity contribution in [2.24, 2.45) is 0 Å². The Morgan fingerprint density at radius 2 is 1.59 bits per heavy atom. The van der Waals surface area contributed by atoms with E-state index in [-0.39, 0.29) is 5.91 Å². The van der Waals surface area contributed by atoms with Gasteiger partial charge >= 0.3 is 6.18 Å². The smallest absolute Gasteiger partial charge is 0.368 e. The maximum atomic E-state index is 12.9. The second-order valence-electron chi connectivity index (χ2n) is 7.13. The average Bonchev–Trinajstić information content (AvgIpc) is 2.68. The number of likely N-dealkylation sites (N-methyl/N-ethyl adjacent to an activating group) is 1. The third-order valence-corrected chi connectivity index (χ3v) is 5.44. The van der Waals surface area contributed by atoms with Gasteiger partial charge in [-0.3, -0.25) is 9.69 Å². The topological polar surface area (TPSA) is 30.0 Å². The first-order valence-electron chi connectivity index (χ1n) is 9.51. The number of halogens is 3. The highest BCUT2D eigenvalue weighted by Crippen LogP contribution is 2.31. The monoisotopic (exact) mass is 384 g/mol. The molecule has 1 aromatic carbocycles. The number of nitrogens with zero attached hydrogens (tertiary/aromatic N) is 4. The third kappa shape index (κ3) is 5.13. The van der Waals surface area contributed by atoms with E-state index in [1.54, 1.807) is 6.07 Å². The zero-order chi connectivity index (χ0) is 19.4. The Morgan fingerprint density at radius 3 is 2.19 bits per heavy atom. The molecule has 0 radical (unpaired) electrons. The predicted octanol–water partition coefficient (Wildman–Crippen LogP) is 1.99. The number of piperazine rings is 2. The van der Waals surface area contributed by atoms with E-state index in [1.807, 2.05) is 9.80 Å². The highest BCUT2D eigenvalue weighted by molar-refractivity contribution is 5.78. The van der Waals surface area contributed by atoms with Crippen LogP contribution in [0.2, 0.25) is 0 Å². The summed E-state index contributed by atoms with van der Waals surface area (Å²) in [6.45, 7) is 9.61. The van der Waals surface area contributed by atoms with Crippen LogP contribution in [0.1, 0.15) is 12.5 Å². The lowest BCUT2D eigenvalue weighted by Gasteiger charge is -2.38. The van der Waals surface area contributed by atoms with Crippen molar-refractivity contribution in [1.82, 2.24) is 14.7 Å². The van der Waals surface area contributed by atoms with Gasteiger partial charge in [0.25, 0.3) is 0 Å². The molecule has 0 N–H and O–H groups in total. The van der Waals surface area contributed by atoms with Crippen molar-refractivity contribution in [2.75, 3.05) is 70.3 Å². The van der Waals surface area contributed by atoms with Crippen molar-refractivity contribution in [1.29, 1.82) is 0 Å². The fraction of sp³-hybridized carbons (Fsp3) is 0.632. The molecule has 0 atom stereocenters. The normalized spacial score (nSPS) is 20.1. The Morgan fingerprint density at radius 1 is 0.963 bits per heavy atom. The van der Waals surface area contributed by atoms with Crippen molar-refractivity contribution in [3.05, 3.63) is 29.8 Å². The lowest BCUT2D eigenvalue weighted by atomic mass is 10.1. The van der Waals surface area contributed by atoms with Crippen molar-refractivity contribution in [3.8, 4) is 0 Å². The van der Waals surface area contributed by atoms with Gasteiger partial charge in [-0.25, -0.2) is 0 Å². The van der Waals surface area contributed by atoms with Crippen LogP contribution in [0.4, 0.5) is 18.9 Å². The number of hydrogen-bond donors (Lipinski definition) is 0. The fourth-order valence-corrected chi connectivity index (χ4v) is 3.65. The van der Waals surface area contributed by atoms with Crippen LogP contribution in [0.5, 0.6) is 0 Å². The molecule has 0 spiro atoms. The summed E-state index contributed by atoms with van der Waals surface area (Å²) in [5.74, 6) is 0.114. The quantitative estimate of drug-likeness (QED) is 0.794. The minimum atomic E-state index is -4.34. The summed E-state index contributed by atoms with van der Waals surface area (Å²) in [6, 6.07) is 5.40.